The molecule has 3 heterocycles. The number of hydrogen-bond acceptors (Lipinski definition) is 7. The van der Waals surface area contributed by atoms with E-state index in [2.05, 4.69) is 56.6 Å². The highest BCUT2D eigenvalue weighted by Gasteiger charge is 2.27. The van der Waals surface area contributed by atoms with Crippen LogP contribution in [-0.2, 0) is 6.54 Å². The highest BCUT2D eigenvalue weighted by Crippen LogP contribution is 2.33. The Morgan fingerprint density at radius 2 is 2.08 bits per heavy atom. The molecule has 0 amide bonds. The monoisotopic (exact) mass is 366 g/mol. The van der Waals surface area contributed by atoms with Crippen molar-refractivity contribution in [3.8, 4) is 0 Å². The third-order valence-corrected chi connectivity index (χ3v) is 5.51. The van der Waals surface area contributed by atoms with E-state index in [0.717, 1.165) is 41.2 Å². The van der Waals surface area contributed by atoms with E-state index in [1.54, 1.807) is 6.20 Å². The lowest BCUT2D eigenvalue weighted by molar-refractivity contribution is 0.243. The van der Waals surface area contributed by atoms with E-state index in [9.17, 15) is 0 Å². The summed E-state index contributed by atoms with van der Waals surface area (Å²) in [6.45, 7) is 6.15. The van der Waals surface area contributed by atoms with E-state index >= 15 is 0 Å². The fraction of sp³-hybridized carbons (Fsp3) is 0.368. The molecule has 134 valence electrons. The van der Waals surface area contributed by atoms with Crippen LogP contribution in [0.4, 0.5) is 10.9 Å². The zero-order valence-corrected chi connectivity index (χ0v) is 15.8. The van der Waals surface area contributed by atoms with Crippen LogP contribution in [0.3, 0.4) is 0 Å². The third-order valence-electron chi connectivity index (χ3n) is 4.75. The zero-order chi connectivity index (χ0) is 17.9. The fourth-order valence-electron chi connectivity index (χ4n) is 3.42. The molecule has 1 saturated heterocycles. The Hall–Kier alpha value is -2.38. The van der Waals surface area contributed by atoms with Crippen LogP contribution in [0, 0.1) is 13.8 Å². The van der Waals surface area contributed by atoms with Crippen molar-refractivity contribution in [2.24, 2.45) is 0 Å². The van der Waals surface area contributed by atoms with Gasteiger partial charge in [-0.2, -0.15) is 0 Å². The second-order valence-corrected chi connectivity index (χ2v) is 7.82. The first kappa shape index (κ1) is 17.1. The average molecular weight is 366 g/mol. The van der Waals surface area contributed by atoms with Crippen LogP contribution in [0.2, 0.25) is 0 Å². The average Bonchev–Trinajstić information content (AvgIpc) is 3.26. The van der Waals surface area contributed by atoms with Gasteiger partial charge in [0.25, 0.3) is 0 Å². The van der Waals surface area contributed by atoms with Gasteiger partial charge in [-0.3, -0.25) is 9.88 Å². The summed E-state index contributed by atoms with van der Waals surface area (Å²) >= 11 is 1.51. The molecule has 26 heavy (non-hydrogen) atoms. The summed E-state index contributed by atoms with van der Waals surface area (Å²) in [6.07, 6.45) is 5.92. The minimum atomic E-state index is 0.306. The van der Waals surface area contributed by atoms with Gasteiger partial charge in [-0.25, -0.2) is 4.98 Å². The van der Waals surface area contributed by atoms with Gasteiger partial charge in [0.1, 0.15) is 5.01 Å². The summed E-state index contributed by atoms with van der Waals surface area (Å²) < 4.78 is 0. The summed E-state index contributed by atoms with van der Waals surface area (Å²) in [6, 6.07) is 8.90. The minimum absolute atomic E-state index is 0.306. The number of nitrogens with zero attached hydrogens (tertiary/aromatic N) is 5. The van der Waals surface area contributed by atoms with Gasteiger partial charge in [0, 0.05) is 6.54 Å². The Morgan fingerprint density at radius 1 is 1.19 bits per heavy atom. The lowest BCUT2D eigenvalue weighted by Crippen LogP contribution is -2.24. The molecule has 2 aromatic heterocycles. The molecule has 0 spiro atoms. The molecule has 1 atom stereocenters. The van der Waals surface area contributed by atoms with Crippen LogP contribution in [0.15, 0.2) is 36.7 Å². The third kappa shape index (κ3) is 3.73. The van der Waals surface area contributed by atoms with E-state index in [1.165, 1.54) is 28.9 Å². The van der Waals surface area contributed by atoms with Crippen LogP contribution < -0.4 is 5.32 Å². The lowest BCUT2D eigenvalue weighted by atomic mass is 10.1. The number of hydrogen-bond donors (Lipinski definition) is 1. The van der Waals surface area contributed by atoms with Crippen molar-refractivity contribution in [2.45, 2.75) is 39.3 Å². The molecule has 4 rings (SSSR count). The normalized spacial score (nSPS) is 17.5. The molecule has 1 aliphatic rings. The molecular formula is C19H22N6S. The van der Waals surface area contributed by atoms with Gasteiger partial charge in [-0.05, 0) is 44.4 Å². The Kier molecular flexibility index (Phi) is 4.90. The molecule has 0 bridgehead atoms. The van der Waals surface area contributed by atoms with Crippen molar-refractivity contribution in [1.82, 2.24) is 25.1 Å². The van der Waals surface area contributed by atoms with Gasteiger partial charge < -0.3 is 5.32 Å². The van der Waals surface area contributed by atoms with Crippen molar-refractivity contribution in [2.75, 3.05) is 11.9 Å². The van der Waals surface area contributed by atoms with Gasteiger partial charge in [0.05, 0.1) is 24.1 Å². The van der Waals surface area contributed by atoms with E-state index in [4.69, 9.17) is 4.98 Å². The Balaban J connectivity index is 1.52. The number of aryl methyl sites for hydroxylation is 2. The zero-order valence-electron chi connectivity index (χ0n) is 15.0. The van der Waals surface area contributed by atoms with Gasteiger partial charge in [-0.15, -0.1) is 10.2 Å². The minimum Gasteiger partial charge on any atom is -0.313 e. The number of nitrogens with one attached hydrogen (secondary N) is 1. The van der Waals surface area contributed by atoms with Crippen LogP contribution in [0.1, 0.15) is 40.7 Å². The van der Waals surface area contributed by atoms with Crippen LogP contribution in [0.5, 0.6) is 0 Å². The van der Waals surface area contributed by atoms with Gasteiger partial charge in [-0.1, -0.05) is 35.6 Å². The van der Waals surface area contributed by atoms with Crippen LogP contribution >= 0.6 is 11.3 Å². The Morgan fingerprint density at radius 3 is 2.88 bits per heavy atom. The van der Waals surface area contributed by atoms with Crippen molar-refractivity contribution < 1.29 is 0 Å². The summed E-state index contributed by atoms with van der Waals surface area (Å²) in [5, 5.41) is 13.0. The van der Waals surface area contributed by atoms with Crippen LogP contribution in [-0.4, -0.2) is 31.6 Å². The first-order valence-corrected chi connectivity index (χ1v) is 9.68. The summed E-state index contributed by atoms with van der Waals surface area (Å²) in [5.74, 6) is 0.724. The molecule has 3 aromatic rings. The molecular weight excluding hydrogens is 344 g/mol. The van der Waals surface area contributed by atoms with E-state index in [-0.39, 0.29) is 0 Å². The molecule has 1 aliphatic heterocycles. The van der Waals surface area contributed by atoms with E-state index in [0.29, 0.717) is 6.04 Å². The second kappa shape index (κ2) is 7.47. The predicted molar refractivity (Wildman–Crippen MR) is 104 cm³/mol. The first-order valence-electron chi connectivity index (χ1n) is 8.86. The fourth-order valence-corrected chi connectivity index (χ4v) is 4.01. The van der Waals surface area contributed by atoms with Crippen molar-refractivity contribution >= 4 is 22.3 Å². The number of anilines is 2. The van der Waals surface area contributed by atoms with Crippen molar-refractivity contribution in [1.29, 1.82) is 0 Å². The van der Waals surface area contributed by atoms with E-state index in [1.807, 2.05) is 13.1 Å². The first-order chi connectivity index (χ1) is 12.7. The maximum absolute atomic E-state index is 4.80. The Bertz CT molecular complexity index is 893. The molecule has 0 radical (unpaired) electrons. The number of aromatic nitrogens is 4. The largest absolute Gasteiger partial charge is 0.313 e. The topological polar surface area (TPSA) is 66.8 Å². The molecule has 1 fully saturated rings. The van der Waals surface area contributed by atoms with Gasteiger partial charge in [0.2, 0.25) is 5.13 Å². The maximum atomic E-state index is 4.80. The van der Waals surface area contributed by atoms with Gasteiger partial charge in [0.15, 0.2) is 5.82 Å². The highest BCUT2D eigenvalue weighted by molar-refractivity contribution is 7.15. The molecule has 0 saturated carbocycles. The molecule has 6 nitrogen and oxygen atoms in total. The van der Waals surface area contributed by atoms with E-state index < -0.39 is 0 Å². The molecule has 0 aliphatic carbocycles. The summed E-state index contributed by atoms with van der Waals surface area (Å²) in [7, 11) is 0. The smallest absolute Gasteiger partial charge is 0.211 e. The second-order valence-electron chi connectivity index (χ2n) is 6.64. The molecule has 7 heteroatoms. The standard InChI is InChI=1S/C19H22N6S/c1-13-6-3-4-7-15(13)12-25-9-5-8-17(25)16-10-20-11-18(21-16)22-19-24-23-14(2)26-19/h3-4,6-7,10-11,17H,5,8-9,12H2,1-2H3,(H,21,22,24)/t17-/m0/s1. The van der Waals surface area contributed by atoms with Crippen molar-refractivity contribution in [3.05, 3.63) is 58.5 Å². The lowest BCUT2D eigenvalue weighted by Gasteiger charge is -2.24. The number of likely N-dealkylation sites (tertiary alicyclic amines) is 1. The maximum Gasteiger partial charge on any atom is 0.211 e. The SMILES string of the molecule is Cc1nnc(Nc2cncc([C@@H]3CCCN3Cc3ccccc3C)n2)s1. The number of benzene rings is 1. The quantitative estimate of drug-likeness (QED) is 0.735. The summed E-state index contributed by atoms with van der Waals surface area (Å²) in [4.78, 5) is 11.7. The van der Waals surface area contributed by atoms with Crippen LogP contribution in [0.25, 0.3) is 0 Å². The molecule has 1 aromatic carbocycles. The highest BCUT2D eigenvalue weighted by atomic mass is 32.1. The summed E-state index contributed by atoms with van der Waals surface area (Å²) in [5.41, 5.74) is 3.74. The van der Waals surface area contributed by atoms with Gasteiger partial charge >= 0.3 is 0 Å². The van der Waals surface area contributed by atoms with Crippen molar-refractivity contribution in [3.63, 3.8) is 0 Å². The molecule has 1 N–H and O–H groups in total. The molecule has 0 unspecified atom stereocenters. The Labute approximate surface area is 157 Å². The predicted octanol–water partition coefficient (Wildman–Crippen LogP) is 4.03. The number of rotatable bonds is 5.